The quantitative estimate of drug-likeness (QED) is 0.755. The van der Waals surface area contributed by atoms with Crippen LogP contribution in [0.25, 0.3) is 11.1 Å². The van der Waals surface area contributed by atoms with Crippen molar-refractivity contribution in [2.45, 2.75) is 31.2 Å². The van der Waals surface area contributed by atoms with Gasteiger partial charge in [0.05, 0.1) is 22.9 Å². The Bertz CT molecular complexity index is 1010. The van der Waals surface area contributed by atoms with Crippen LogP contribution in [0.5, 0.6) is 0 Å². The Morgan fingerprint density at radius 1 is 1.32 bits per heavy atom. The van der Waals surface area contributed by atoms with Crippen molar-refractivity contribution in [2.24, 2.45) is 7.05 Å². The summed E-state index contributed by atoms with van der Waals surface area (Å²) in [4.78, 5) is 21.7. The molecule has 1 fully saturated rings. The Morgan fingerprint density at radius 3 is 2.96 bits per heavy atom. The second kappa shape index (κ2) is 5.37. The molecule has 2 N–H and O–H groups in total. The van der Waals surface area contributed by atoms with Crippen molar-refractivity contribution < 1.29 is 0 Å². The minimum atomic E-state index is -0.107. The molecule has 0 aromatic carbocycles. The van der Waals surface area contributed by atoms with Crippen molar-refractivity contribution >= 4 is 11.3 Å². The number of hydrogen-bond donors (Lipinski definition) is 2. The van der Waals surface area contributed by atoms with Crippen LogP contribution < -0.4 is 10.9 Å². The molecule has 5 rings (SSSR count). The van der Waals surface area contributed by atoms with Gasteiger partial charge in [0, 0.05) is 43.2 Å². The zero-order valence-electron chi connectivity index (χ0n) is 14.0. The number of fused-ring (bicyclic) bond motifs is 1. The van der Waals surface area contributed by atoms with Gasteiger partial charge in [0.15, 0.2) is 0 Å². The average molecular weight is 353 g/mol. The molecule has 4 heterocycles. The van der Waals surface area contributed by atoms with Crippen molar-refractivity contribution in [3.05, 3.63) is 56.2 Å². The third-order valence-electron chi connectivity index (χ3n) is 5.25. The van der Waals surface area contributed by atoms with E-state index in [1.54, 1.807) is 11.3 Å². The van der Waals surface area contributed by atoms with Crippen molar-refractivity contribution in [1.82, 2.24) is 25.1 Å². The highest BCUT2D eigenvalue weighted by atomic mass is 32.1. The highest BCUT2D eigenvalue weighted by molar-refractivity contribution is 7.10. The Labute approximate surface area is 148 Å². The van der Waals surface area contributed by atoms with Crippen LogP contribution in [0.1, 0.15) is 34.8 Å². The number of hydrogen-bond acceptors (Lipinski definition) is 5. The minimum Gasteiger partial charge on any atom is -0.312 e. The molecule has 0 atom stereocenters. The summed E-state index contributed by atoms with van der Waals surface area (Å²) in [5, 5.41) is 9.67. The third-order valence-corrected chi connectivity index (χ3v) is 6.39. The van der Waals surface area contributed by atoms with E-state index >= 15 is 0 Å². The number of thiophene rings is 1. The largest absolute Gasteiger partial charge is 0.312 e. The highest BCUT2D eigenvalue weighted by Gasteiger charge is 2.49. The van der Waals surface area contributed by atoms with Crippen LogP contribution in [-0.2, 0) is 25.4 Å². The summed E-state index contributed by atoms with van der Waals surface area (Å²) in [5.74, 6) is 0.845. The fourth-order valence-corrected chi connectivity index (χ4v) is 4.79. The lowest BCUT2D eigenvalue weighted by Gasteiger charge is -2.19. The summed E-state index contributed by atoms with van der Waals surface area (Å²) in [6.07, 6.45) is 6.82. The summed E-state index contributed by atoms with van der Waals surface area (Å²) < 4.78 is 1.82. The summed E-state index contributed by atoms with van der Waals surface area (Å²) >= 11 is 1.75. The van der Waals surface area contributed by atoms with Gasteiger partial charge in [-0.25, -0.2) is 4.98 Å². The Kier molecular flexibility index (Phi) is 3.23. The Morgan fingerprint density at radius 2 is 2.20 bits per heavy atom. The van der Waals surface area contributed by atoms with Crippen molar-refractivity contribution in [3.63, 3.8) is 0 Å². The molecule has 0 spiro atoms. The minimum absolute atomic E-state index is 0.0162. The van der Waals surface area contributed by atoms with E-state index in [4.69, 9.17) is 4.98 Å². The van der Waals surface area contributed by atoms with Crippen LogP contribution in [0, 0.1) is 0 Å². The molecule has 3 aromatic heterocycles. The van der Waals surface area contributed by atoms with Gasteiger partial charge in [-0.05, 0) is 29.9 Å². The van der Waals surface area contributed by atoms with E-state index in [0.717, 1.165) is 48.5 Å². The number of aromatic nitrogens is 4. The molecule has 0 bridgehead atoms. The molecule has 1 aliphatic heterocycles. The Balaban J connectivity index is 1.55. The first-order chi connectivity index (χ1) is 12.2. The molecule has 25 heavy (non-hydrogen) atoms. The van der Waals surface area contributed by atoms with Crippen molar-refractivity contribution in [3.8, 4) is 11.1 Å². The van der Waals surface area contributed by atoms with Crippen LogP contribution in [0.2, 0.25) is 0 Å². The molecular weight excluding hydrogens is 334 g/mol. The van der Waals surface area contributed by atoms with Gasteiger partial charge in [-0.3, -0.25) is 9.48 Å². The van der Waals surface area contributed by atoms with E-state index in [1.807, 2.05) is 24.1 Å². The maximum Gasteiger partial charge on any atom is 0.255 e. The molecule has 0 amide bonds. The molecule has 1 saturated carbocycles. The highest BCUT2D eigenvalue weighted by Crippen LogP contribution is 2.54. The topological polar surface area (TPSA) is 75.6 Å². The van der Waals surface area contributed by atoms with Gasteiger partial charge in [0.25, 0.3) is 5.56 Å². The van der Waals surface area contributed by atoms with E-state index in [0.29, 0.717) is 6.54 Å². The second-order valence-electron chi connectivity index (χ2n) is 6.95. The Hall–Kier alpha value is -2.25. The first-order valence-corrected chi connectivity index (χ1v) is 9.45. The fraction of sp³-hybridized carbons (Fsp3) is 0.389. The summed E-state index contributed by atoms with van der Waals surface area (Å²) in [5.41, 5.74) is 3.98. The van der Waals surface area contributed by atoms with Gasteiger partial charge in [-0.15, -0.1) is 11.3 Å². The molecule has 2 aliphatic rings. The molecule has 0 unspecified atom stereocenters. The maximum atomic E-state index is 12.5. The SMILES string of the molecule is Cn1cc(-c2csc(C3(c4nc5c(c(=O)[nH]4)CNCC5)CC3)c2)cn1. The van der Waals surface area contributed by atoms with Gasteiger partial charge in [0.1, 0.15) is 5.82 Å². The number of H-pyrrole nitrogens is 1. The lowest BCUT2D eigenvalue weighted by molar-refractivity contribution is 0.605. The lowest BCUT2D eigenvalue weighted by Crippen LogP contribution is -2.33. The van der Waals surface area contributed by atoms with E-state index in [-0.39, 0.29) is 11.0 Å². The molecule has 1 aliphatic carbocycles. The van der Waals surface area contributed by atoms with Gasteiger partial charge in [-0.2, -0.15) is 5.10 Å². The summed E-state index contributed by atoms with van der Waals surface area (Å²) in [6.45, 7) is 1.51. The van der Waals surface area contributed by atoms with Crippen molar-refractivity contribution in [2.75, 3.05) is 6.54 Å². The standard InChI is InChI=1S/C18H19N5OS/c1-23-9-12(7-20-23)11-6-15(25-10-11)18(3-4-18)17-21-14-2-5-19-8-13(14)16(24)22-17/h6-7,9-10,19H,2-5,8H2,1H3,(H,21,22,24). The molecule has 0 saturated heterocycles. The van der Waals surface area contributed by atoms with Crippen LogP contribution in [0.4, 0.5) is 0 Å². The molecule has 0 radical (unpaired) electrons. The normalized spacial score (nSPS) is 18.1. The van der Waals surface area contributed by atoms with E-state index < -0.39 is 0 Å². The third kappa shape index (κ3) is 2.38. The second-order valence-corrected chi connectivity index (χ2v) is 7.86. The van der Waals surface area contributed by atoms with Crippen LogP contribution in [0.15, 0.2) is 28.6 Å². The number of aryl methyl sites for hydroxylation is 1. The number of nitrogens with zero attached hydrogens (tertiary/aromatic N) is 3. The number of rotatable bonds is 3. The smallest absolute Gasteiger partial charge is 0.255 e. The predicted molar refractivity (Wildman–Crippen MR) is 96.8 cm³/mol. The first kappa shape index (κ1) is 15.0. The maximum absolute atomic E-state index is 12.5. The fourth-order valence-electron chi connectivity index (χ4n) is 3.61. The number of aromatic amines is 1. The average Bonchev–Trinajstić information content (AvgIpc) is 3.07. The lowest BCUT2D eigenvalue weighted by atomic mass is 10.0. The van der Waals surface area contributed by atoms with E-state index in [1.165, 1.54) is 10.4 Å². The molecule has 7 heteroatoms. The molecule has 6 nitrogen and oxygen atoms in total. The van der Waals surface area contributed by atoms with Crippen molar-refractivity contribution in [1.29, 1.82) is 0 Å². The summed E-state index contributed by atoms with van der Waals surface area (Å²) in [6, 6.07) is 2.23. The predicted octanol–water partition coefficient (Wildman–Crippen LogP) is 1.96. The molecule has 3 aromatic rings. The number of nitrogens with one attached hydrogen (secondary N) is 2. The van der Waals surface area contributed by atoms with Gasteiger partial charge < -0.3 is 10.3 Å². The van der Waals surface area contributed by atoms with E-state index in [2.05, 4.69) is 26.8 Å². The molecular formula is C18H19N5OS. The van der Waals surface area contributed by atoms with Crippen LogP contribution in [-0.4, -0.2) is 26.3 Å². The first-order valence-electron chi connectivity index (χ1n) is 8.57. The monoisotopic (exact) mass is 353 g/mol. The summed E-state index contributed by atoms with van der Waals surface area (Å²) in [7, 11) is 1.93. The zero-order valence-corrected chi connectivity index (χ0v) is 14.8. The van der Waals surface area contributed by atoms with Crippen LogP contribution >= 0.6 is 11.3 Å². The van der Waals surface area contributed by atoms with Gasteiger partial charge >= 0.3 is 0 Å². The molecule has 128 valence electrons. The van der Waals surface area contributed by atoms with E-state index in [9.17, 15) is 4.79 Å². The zero-order chi connectivity index (χ0) is 17.0. The van der Waals surface area contributed by atoms with Gasteiger partial charge in [-0.1, -0.05) is 0 Å². The van der Waals surface area contributed by atoms with Crippen LogP contribution in [0.3, 0.4) is 0 Å². The van der Waals surface area contributed by atoms with Gasteiger partial charge in [0.2, 0.25) is 0 Å².